The van der Waals surface area contributed by atoms with E-state index < -0.39 is 34.1 Å². The second-order valence-electron chi connectivity index (χ2n) is 6.87. The van der Waals surface area contributed by atoms with Crippen LogP contribution in [0.5, 0.6) is 0 Å². The van der Waals surface area contributed by atoms with Crippen molar-refractivity contribution in [2.75, 3.05) is 7.11 Å². The maximum Gasteiger partial charge on any atom is 0.294 e. The average Bonchev–Trinajstić information content (AvgIpc) is 3.17. The Morgan fingerprint density at radius 2 is 1.82 bits per heavy atom. The lowest BCUT2D eigenvalue weighted by Crippen LogP contribution is -2.57. The lowest BCUT2D eigenvalue weighted by Gasteiger charge is -2.39. The van der Waals surface area contributed by atoms with Crippen molar-refractivity contribution in [1.82, 2.24) is 14.4 Å². The summed E-state index contributed by atoms with van der Waals surface area (Å²) in [4.78, 5) is 30.9. The molecule has 3 atom stereocenters. The zero-order valence-electron chi connectivity index (χ0n) is 15.1. The van der Waals surface area contributed by atoms with Gasteiger partial charge in [0.2, 0.25) is 10.0 Å². The van der Waals surface area contributed by atoms with E-state index in [1.807, 2.05) is 6.92 Å². The molecule has 2 heterocycles. The number of sulfonamides is 1. The molecule has 2 aliphatic rings. The monoisotopic (exact) mass is 467 g/mol. The summed E-state index contributed by atoms with van der Waals surface area (Å²) in [5, 5.41) is 1.10. The molecule has 148 valence electrons. The number of Topliss-reactive ketones (excluding diaryl/α,β-unsaturated/α-hetero) is 1. The predicted molar refractivity (Wildman–Crippen MR) is 103 cm³/mol. The van der Waals surface area contributed by atoms with E-state index in [-0.39, 0.29) is 17.1 Å². The molecule has 2 aromatic rings. The van der Waals surface area contributed by atoms with Crippen molar-refractivity contribution in [3.8, 4) is 0 Å². The second-order valence-corrected chi connectivity index (χ2v) is 9.39. The number of aromatic nitrogens is 1. The van der Waals surface area contributed by atoms with Gasteiger partial charge < -0.3 is 4.57 Å². The van der Waals surface area contributed by atoms with Crippen LogP contribution < -0.4 is 4.72 Å². The molecule has 28 heavy (non-hydrogen) atoms. The number of halogens is 1. The highest BCUT2D eigenvalue weighted by atomic mass is 79.9. The Bertz CT molecular complexity index is 1060. The summed E-state index contributed by atoms with van der Waals surface area (Å²) in [6.45, 7) is 1.85. The van der Waals surface area contributed by atoms with E-state index in [4.69, 9.17) is 4.84 Å². The summed E-state index contributed by atoms with van der Waals surface area (Å²) < 4.78 is 30.5. The second kappa shape index (κ2) is 6.80. The van der Waals surface area contributed by atoms with Crippen LogP contribution in [0.25, 0.3) is 0 Å². The number of ketones is 1. The highest BCUT2D eigenvalue weighted by Crippen LogP contribution is 2.40. The van der Waals surface area contributed by atoms with E-state index in [1.165, 1.54) is 19.2 Å². The van der Waals surface area contributed by atoms with E-state index in [2.05, 4.69) is 20.7 Å². The van der Waals surface area contributed by atoms with Crippen LogP contribution in [0, 0.1) is 6.92 Å². The lowest BCUT2D eigenvalue weighted by atomic mass is 10.1. The van der Waals surface area contributed by atoms with Gasteiger partial charge in [0.15, 0.2) is 5.78 Å². The van der Waals surface area contributed by atoms with Crippen molar-refractivity contribution in [3.05, 3.63) is 52.3 Å². The Morgan fingerprint density at radius 3 is 2.46 bits per heavy atom. The minimum absolute atomic E-state index is 0.0586. The molecule has 0 saturated heterocycles. The number of carbonyl (C=O) groups is 2. The fourth-order valence-corrected chi connectivity index (χ4v) is 5.70. The van der Waals surface area contributed by atoms with Crippen molar-refractivity contribution < 1.29 is 22.8 Å². The topological polar surface area (TPSA) is 97.7 Å². The van der Waals surface area contributed by atoms with Gasteiger partial charge in [0, 0.05) is 6.42 Å². The summed E-state index contributed by atoms with van der Waals surface area (Å²) in [6, 6.07) is 7.36. The van der Waals surface area contributed by atoms with Gasteiger partial charge in [-0.1, -0.05) is 17.7 Å². The zero-order chi connectivity index (χ0) is 20.2. The Kier molecular flexibility index (Phi) is 4.69. The van der Waals surface area contributed by atoms with Gasteiger partial charge in [0.25, 0.3) is 5.91 Å². The molecule has 1 aromatic carbocycles. The molecule has 0 spiro atoms. The number of fused-ring (bicyclic) bond motifs is 3. The third kappa shape index (κ3) is 2.91. The first-order chi connectivity index (χ1) is 13.2. The highest BCUT2D eigenvalue weighted by molar-refractivity contribution is 9.10. The largest absolute Gasteiger partial charge is 0.325 e. The molecular weight excluding hydrogens is 450 g/mol. The number of nitrogens with zero attached hydrogens (tertiary/aromatic N) is 2. The molecule has 8 nitrogen and oxygen atoms in total. The molecule has 10 heteroatoms. The first-order valence-corrected chi connectivity index (χ1v) is 10.9. The van der Waals surface area contributed by atoms with Crippen molar-refractivity contribution in [2.24, 2.45) is 0 Å². The van der Waals surface area contributed by atoms with Gasteiger partial charge in [-0.3, -0.25) is 14.4 Å². The molecule has 1 aliphatic carbocycles. The smallest absolute Gasteiger partial charge is 0.294 e. The van der Waals surface area contributed by atoms with Gasteiger partial charge in [-0.05, 0) is 47.1 Å². The Hall–Kier alpha value is -2.01. The Balaban J connectivity index is 1.73. The third-order valence-electron chi connectivity index (χ3n) is 5.19. The standard InChI is InChI=1S/C18H18BrN3O5S/c1-10-3-5-11(6-4-10)28(25,26)20-16-14(23)9-13-17(16)22(27-2)18(24)12-7-8-15(19)21(12)13/h3-8,13,16-17,20H,9H2,1-2H3/t13-,16-,17-/m0/s1. The molecular formula is C18H18BrN3O5S. The van der Waals surface area contributed by atoms with Gasteiger partial charge in [-0.15, -0.1) is 0 Å². The number of amides is 1. The van der Waals surface area contributed by atoms with Crippen molar-refractivity contribution in [2.45, 2.75) is 36.4 Å². The van der Waals surface area contributed by atoms with Crippen molar-refractivity contribution in [3.63, 3.8) is 0 Å². The first-order valence-electron chi connectivity index (χ1n) is 8.60. The summed E-state index contributed by atoms with van der Waals surface area (Å²) in [6.07, 6.45) is 0.0825. The Morgan fingerprint density at radius 1 is 1.14 bits per heavy atom. The summed E-state index contributed by atoms with van der Waals surface area (Å²) >= 11 is 3.40. The van der Waals surface area contributed by atoms with Gasteiger partial charge >= 0.3 is 0 Å². The third-order valence-corrected chi connectivity index (χ3v) is 7.30. The number of benzene rings is 1. The van der Waals surface area contributed by atoms with Crippen LogP contribution in [0.3, 0.4) is 0 Å². The molecule has 0 bridgehead atoms. The van der Waals surface area contributed by atoms with Crippen LogP contribution in [0.2, 0.25) is 0 Å². The van der Waals surface area contributed by atoms with Crippen LogP contribution in [0.1, 0.15) is 28.5 Å². The first kappa shape index (κ1) is 19.3. The molecule has 0 unspecified atom stereocenters. The molecule has 1 amide bonds. The van der Waals surface area contributed by atoms with Crippen molar-refractivity contribution in [1.29, 1.82) is 0 Å². The highest BCUT2D eigenvalue weighted by Gasteiger charge is 2.54. The SMILES string of the molecule is CON1C(=O)c2ccc(Br)n2[C@H]2CC(=O)[C@H](NS(=O)(=O)c3ccc(C)cc3)[C@H]21. The quantitative estimate of drug-likeness (QED) is 0.739. The van der Waals surface area contributed by atoms with E-state index in [0.717, 1.165) is 10.6 Å². The van der Waals surface area contributed by atoms with Crippen LogP contribution >= 0.6 is 15.9 Å². The number of carbonyl (C=O) groups excluding carboxylic acids is 2. The van der Waals surface area contributed by atoms with E-state index >= 15 is 0 Å². The van der Waals surface area contributed by atoms with Crippen LogP contribution in [0.4, 0.5) is 0 Å². The van der Waals surface area contributed by atoms with Gasteiger partial charge in [0.1, 0.15) is 17.8 Å². The van der Waals surface area contributed by atoms with Crippen LogP contribution in [-0.4, -0.2) is 48.9 Å². The summed E-state index contributed by atoms with van der Waals surface area (Å²) in [5.74, 6) is -0.724. The van der Waals surface area contributed by atoms with Crippen LogP contribution in [0.15, 0.2) is 45.9 Å². The fraction of sp³-hybridized carbons (Fsp3) is 0.333. The zero-order valence-corrected chi connectivity index (χ0v) is 17.5. The number of hydrogen-bond donors (Lipinski definition) is 1. The normalized spacial score (nSPS) is 24.4. The maximum atomic E-state index is 12.8. The van der Waals surface area contributed by atoms with Gasteiger partial charge in [-0.2, -0.15) is 4.72 Å². The molecule has 1 aromatic heterocycles. The number of hydroxylamine groups is 2. The molecule has 4 rings (SSSR count). The average molecular weight is 468 g/mol. The Labute approximate surface area is 170 Å². The minimum atomic E-state index is -3.95. The van der Waals surface area contributed by atoms with E-state index in [0.29, 0.717) is 10.3 Å². The van der Waals surface area contributed by atoms with Crippen LogP contribution in [-0.2, 0) is 19.7 Å². The fourth-order valence-electron chi connectivity index (χ4n) is 3.88. The van der Waals surface area contributed by atoms with E-state index in [9.17, 15) is 18.0 Å². The van der Waals surface area contributed by atoms with E-state index in [1.54, 1.807) is 28.8 Å². The molecule has 0 radical (unpaired) electrons. The minimum Gasteiger partial charge on any atom is -0.325 e. The number of nitrogens with one attached hydrogen (secondary N) is 1. The summed E-state index contributed by atoms with van der Waals surface area (Å²) in [7, 11) is -2.62. The molecule has 1 N–H and O–H groups in total. The molecule has 1 saturated carbocycles. The maximum absolute atomic E-state index is 12.8. The molecule has 1 fully saturated rings. The predicted octanol–water partition coefficient (Wildman–Crippen LogP) is 1.81. The van der Waals surface area contributed by atoms with Crippen molar-refractivity contribution >= 4 is 37.6 Å². The number of aryl methyl sites for hydroxylation is 1. The lowest BCUT2D eigenvalue weighted by molar-refractivity contribution is -0.142. The van der Waals surface area contributed by atoms with Gasteiger partial charge in [0.05, 0.1) is 22.7 Å². The number of hydrogen-bond acceptors (Lipinski definition) is 5. The molecule has 1 aliphatic heterocycles. The summed E-state index contributed by atoms with van der Waals surface area (Å²) in [5.41, 5.74) is 1.30. The number of rotatable bonds is 4. The van der Waals surface area contributed by atoms with Gasteiger partial charge in [-0.25, -0.2) is 13.5 Å².